The number of likely N-dealkylation sites (N-methyl/N-ethyl adjacent to an activating group) is 1. The minimum absolute atomic E-state index is 0.0712. The van der Waals surface area contributed by atoms with Crippen LogP contribution in [0.5, 0.6) is 0 Å². The Morgan fingerprint density at radius 2 is 0.915 bits per heavy atom. The van der Waals surface area contributed by atoms with Gasteiger partial charge in [-0.25, -0.2) is 4.57 Å². The Kier molecular flexibility index (Phi) is 41.6. The first kappa shape index (κ1) is 57.2. The normalized spacial score (nSPS) is 14.2. The van der Waals surface area contributed by atoms with Crippen molar-refractivity contribution in [2.75, 3.05) is 54.1 Å². The van der Waals surface area contributed by atoms with Gasteiger partial charge >= 0.3 is 13.8 Å². The van der Waals surface area contributed by atoms with Gasteiger partial charge in [-0.2, -0.15) is 0 Å². The summed E-state index contributed by atoms with van der Waals surface area (Å²) in [7, 11) is 1.61. The van der Waals surface area contributed by atoms with E-state index < -0.39 is 19.9 Å². The molecule has 0 bridgehead atoms. The van der Waals surface area contributed by atoms with E-state index in [0.29, 0.717) is 17.6 Å². The van der Waals surface area contributed by atoms with Gasteiger partial charge in [-0.3, -0.25) is 13.8 Å². The zero-order valence-corrected chi connectivity index (χ0v) is 39.9. The molecule has 0 aliphatic heterocycles. The molecule has 0 fully saturated rings. The highest BCUT2D eigenvalue weighted by Crippen LogP contribution is 2.43. The third-order valence-corrected chi connectivity index (χ3v) is 11.1. The molecule has 2 atom stereocenters. The van der Waals surface area contributed by atoms with Gasteiger partial charge < -0.3 is 18.9 Å². The number of phosphoric acid groups is 1. The number of hydrogen-bond donors (Lipinski definition) is 1. The van der Waals surface area contributed by atoms with E-state index >= 15 is 0 Å². The van der Waals surface area contributed by atoms with Gasteiger partial charge in [0.05, 0.1) is 40.8 Å². The zero-order chi connectivity index (χ0) is 43.4. The summed E-state index contributed by atoms with van der Waals surface area (Å²) in [5.74, 6) is -0.438. The van der Waals surface area contributed by atoms with Gasteiger partial charge in [-0.15, -0.1) is 0 Å². The number of nitrogens with zero attached hydrogens (tertiary/aromatic N) is 1. The second kappa shape index (κ2) is 42.9. The van der Waals surface area contributed by atoms with Crippen LogP contribution in [0.1, 0.15) is 194 Å². The van der Waals surface area contributed by atoms with Crippen LogP contribution in [0.15, 0.2) is 60.8 Å². The van der Waals surface area contributed by atoms with Gasteiger partial charge in [-0.05, 0) is 38.5 Å². The van der Waals surface area contributed by atoms with Gasteiger partial charge in [0.1, 0.15) is 19.3 Å². The summed E-state index contributed by atoms with van der Waals surface area (Å²) in [6, 6.07) is 0. The first-order valence-corrected chi connectivity index (χ1v) is 25.5. The van der Waals surface area contributed by atoms with E-state index in [-0.39, 0.29) is 26.2 Å². The monoisotopic (exact) mass is 851 g/mol. The van der Waals surface area contributed by atoms with Crippen molar-refractivity contribution in [3.63, 3.8) is 0 Å². The zero-order valence-electron chi connectivity index (χ0n) is 39.0. The van der Waals surface area contributed by atoms with E-state index in [4.69, 9.17) is 18.5 Å². The number of carbonyl (C=O) groups excluding carboxylic acids is 1. The summed E-state index contributed by atoms with van der Waals surface area (Å²) >= 11 is 0. The molecular weight excluding hydrogens is 758 g/mol. The van der Waals surface area contributed by atoms with Gasteiger partial charge in [0.2, 0.25) is 0 Å². The maximum atomic E-state index is 12.6. The molecule has 8 nitrogen and oxygen atoms in total. The molecule has 1 N–H and O–H groups in total. The first-order chi connectivity index (χ1) is 28.6. The molecule has 0 heterocycles. The molecule has 0 amide bonds. The third kappa shape index (κ3) is 47.1. The van der Waals surface area contributed by atoms with Gasteiger partial charge in [0.25, 0.3) is 0 Å². The molecule has 0 spiro atoms. The average molecular weight is 851 g/mol. The summed E-state index contributed by atoms with van der Waals surface area (Å²) < 4.78 is 34.9. The molecule has 0 aliphatic carbocycles. The lowest BCUT2D eigenvalue weighted by atomic mass is 10.0. The van der Waals surface area contributed by atoms with Crippen LogP contribution in [-0.4, -0.2) is 75.6 Å². The number of rotatable bonds is 44. The molecule has 0 aromatic rings. The van der Waals surface area contributed by atoms with Gasteiger partial charge in [-0.1, -0.05) is 209 Å². The van der Waals surface area contributed by atoms with Crippen molar-refractivity contribution in [2.45, 2.75) is 200 Å². The summed E-state index contributed by atoms with van der Waals surface area (Å²) in [5, 5.41) is 0. The van der Waals surface area contributed by atoms with Crippen LogP contribution < -0.4 is 0 Å². The number of phosphoric ester groups is 1. The van der Waals surface area contributed by atoms with Crippen LogP contribution in [-0.2, 0) is 27.9 Å². The molecular formula is C50H93NO7P+. The fourth-order valence-electron chi connectivity index (χ4n) is 6.45. The van der Waals surface area contributed by atoms with Gasteiger partial charge in [0.15, 0.2) is 0 Å². The molecule has 0 saturated heterocycles. The summed E-state index contributed by atoms with van der Waals surface area (Å²) in [6.07, 6.45) is 54.5. The second-order valence-electron chi connectivity index (χ2n) is 17.1. The van der Waals surface area contributed by atoms with E-state index in [1.54, 1.807) is 6.08 Å². The molecule has 9 heteroatoms. The molecule has 0 aliphatic rings. The number of unbranched alkanes of at least 4 members (excludes halogenated alkanes) is 21. The minimum Gasteiger partial charge on any atom is -0.457 e. The minimum atomic E-state index is -4.30. The fraction of sp³-hybridized carbons (Fsp3) is 0.780. The van der Waals surface area contributed by atoms with Gasteiger partial charge in [0, 0.05) is 6.61 Å². The highest BCUT2D eigenvalue weighted by Gasteiger charge is 2.26. The molecule has 2 unspecified atom stereocenters. The molecule has 344 valence electrons. The third-order valence-electron chi connectivity index (χ3n) is 10.1. The highest BCUT2D eigenvalue weighted by molar-refractivity contribution is 7.47. The topological polar surface area (TPSA) is 91.3 Å². The SMILES string of the molecule is CC/C=C\C/C=C\C/C=C\C/C=C\C/C=C\CC(=O)OC(COCCCCCCCCCCCCCCCCCCCCCCCC)COP(=O)(O)OCC[N+](C)(C)C. The van der Waals surface area contributed by atoms with Crippen molar-refractivity contribution in [3.8, 4) is 0 Å². The number of quaternary nitrogens is 1. The van der Waals surface area contributed by atoms with E-state index in [2.05, 4.69) is 62.5 Å². The Bertz CT molecular complexity index is 1130. The summed E-state index contributed by atoms with van der Waals surface area (Å²) in [5.41, 5.74) is 0. The van der Waals surface area contributed by atoms with Crippen molar-refractivity contribution in [3.05, 3.63) is 60.8 Å². The van der Waals surface area contributed by atoms with E-state index in [0.717, 1.165) is 44.9 Å². The van der Waals surface area contributed by atoms with Crippen LogP contribution in [0.3, 0.4) is 0 Å². The highest BCUT2D eigenvalue weighted by atomic mass is 31.2. The Labute approximate surface area is 364 Å². The molecule has 59 heavy (non-hydrogen) atoms. The van der Waals surface area contributed by atoms with Crippen LogP contribution >= 0.6 is 7.82 Å². The lowest BCUT2D eigenvalue weighted by Gasteiger charge is -2.24. The first-order valence-electron chi connectivity index (χ1n) is 24.0. The maximum absolute atomic E-state index is 12.6. The quantitative estimate of drug-likeness (QED) is 0.0215. The lowest BCUT2D eigenvalue weighted by Crippen LogP contribution is -2.37. The maximum Gasteiger partial charge on any atom is 0.472 e. The van der Waals surface area contributed by atoms with Crippen LogP contribution in [0.25, 0.3) is 0 Å². The predicted molar refractivity (Wildman–Crippen MR) is 252 cm³/mol. The fourth-order valence-corrected chi connectivity index (χ4v) is 7.19. The molecule has 0 radical (unpaired) electrons. The number of allylic oxidation sites excluding steroid dienone is 9. The Balaban J connectivity index is 4.22. The largest absolute Gasteiger partial charge is 0.472 e. The van der Waals surface area contributed by atoms with E-state index in [9.17, 15) is 14.3 Å². The Hall–Kier alpha value is -1.80. The predicted octanol–water partition coefficient (Wildman–Crippen LogP) is 14.5. The summed E-state index contributed by atoms with van der Waals surface area (Å²) in [4.78, 5) is 22.8. The van der Waals surface area contributed by atoms with Crippen molar-refractivity contribution in [1.82, 2.24) is 0 Å². The standard InChI is InChI=1S/C50H92NO7P/c1-6-8-10-12-14-16-18-20-22-23-24-25-26-27-28-30-32-34-36-38-40-42-45-55-47-49(48-57-59(53,54)56-46-44-51(3,4)5)58-50(52)43-41-39-37-35-33-31-29-21-19-17-15-13-11-9-7-2/h9,11,15,17,21,29,33,35,39,41,49H,6-8,10,12-14,16,18-20,22-28,30-32,34,36-38,40,42-48H2,1-5H3/p+1/b11-9-,17-15-,29-21-,35-33-,41-39-. The Morgan fingerprint density at radius 3 is 1.32 bits per heavy atom. The van der Waals surface area contributed by atoms with Crippen LogP contribution in [0.4, 0.5) is 0 Å². The molecule has 0 rings (SSSR count). The molecule has 0 saturated carbocycles. The van der Waals surface area contributed by atoms with E-state index in [1.807, 2.05) is 27.2 Å². The summed E-state index contributed by atoms with van der Waals surface area (Å²) in [6.45, 7) is 5.39. The average Bonchev–Trinajstić information content (AvgIpc) is 3.19. The van der Waals surface area contributed by atoms with Crippen molar-refractivity contribution in [2.24, 2.45) is 0 Å². The number of esters is 1. The number of ether oxygens (including phenoxy) is 2. The molecule has 0 aromatic heterocycles. The number of hydrogen-bond acceptors (Lipinski definition) is 6. The smallest absolute Gasteiger partial charge is 0.457 e. The lowest BCUT2D eigenvalue weighted by molar-refractivity contribution is -0.870. The molecule has 0 aromatic carbocycles. The van der Waals surface area contributed by atoms with Crippen LogP contribution in [0.2, 0.25) is 0 Å². The van der Waals surface area contributed by atoms with Crippen molar-refractivity contribution >= 4 is 13.8 Å². The second-order valence-corrected chi connectivity index (χ2v) is 18.6. The van der Waals surface area contributed by atoms with Crippen molar-refractivity contribution < 1.29 is 37.3 Å². The Morgan fingerprint density at radius 1 is 0.525 bits per heavy atom. The van der Waals surface area contributed by atoms with Crippen molar-refractivity contribution in [1.29, 1.82) is 0 Å². The number of carbonyl (C=O) groups is 1. The van der Waals surface area contributed by atoms with Crippen LogP contribution in [0, 0.1) is 0 Å². The van der Waals surface area contributed by atoms with E-state index in [1.165, 1.54) is 128 Å².